The van der Waals surface area contributed by atoms with Gasteiger partial charge in [0.05, 0.1) is 0 Å². The van der Waals surface area contributed by atoms with Gasteiger partial charge in [-0.25, -0.2) is 0 Å². The molecule has 0 rings (SSSR count). The zero-order valence-corrected chi connectivity index (χ0v) is 9.95. The van der Waals surface area contributed by atoms with Crippen molar-refractivity contribution in [1.82, 2.24) is 0 Å². The molecule has 0 atom stereocenters. The van der Waals surface area contributed by atoms with Crippen LogP contribution in [0.1, 0.15) is 26.2 Å². The van der Waals surface area contributed by atoms with Gasteiger partial charge in [0.15, 0.2) is 0 Å². The summed E-state index contributed by atoms with van der Waals surface area (Å²) in [5, 5.41) is 0. The third-order valence-electron chi connectivity index (χ3n) is 0.738. The van der Waals surface area contributed by atoms with Gasteiger partial charge < -0.3 is 14.0 Å². The number of hydrogen-bond donors (Lipinski definition) is 0. The number of unbranched alkanes of at least 4 members (excludes halogenated alkanes) is 1. The minimum atomic E-state index is 0. The molecule has 0 aromatic rings. The van der Waals surface area contributed by atoms with E-state index >= 15 is 0 Å². The zero-order valence-electron chi connectivity index (χ0n) is 6.98. The van der Waals surface area contributed by atoms with Crippen LogP contribution in [0.3, 0.4) is 0 Å². The molecule has 0 aromatic carbocycles. The van der Waals surface area contributed by atoms with E-state index in [-0.39, 0.29) is 26.9 Å². The Morgan fingerprint density at radius 3 is 2.40 bits per heavy atom. The normalized spacial score (nSPS) is 5.70. The first-order valence-electron chi connectivity index (χ1n) is 2.91. The van der Waals surface area contributed by atoms with E-state index in [1.807, 2.05) is 6.92 Å². The van der Waals surface area contributed by atoms with Crippen LogP contribution in [-0.4, -0.2) is 0 Å². The molecule has 10 heavy (non-hydrogen) atoms. The smallest absolute Gasteiger partial charge is 0.518 e. The van der Waals surface area contributed by atoms with E-state index in [0.29, 0.717) is 0 Å². The topological polar surface area (TPSA) is 0 Å². The Morgan fingerprint density at radius 2 is 2.00 bits per heavy atom. The van der Waals surface area contributed by atoms with Crippen molar-refractivity contribution in [3.8, 4) is 11.8 Å². The third kappa shape index (κ3) is 15.7. The molecule has 0 amide bonds. The van der Waals surface area contributed by atoms with E-state index < -0.39 is 0 Å². The Balaban J connectivity index is -0.000000245. The molecule has 0 radical (unpaired) electrons. The van der Waals surface area contributed by atoms with Crippen LogP contribution in [0.15, 0.2) is 6.08 Å². The summed E-state index contributed by atoms with van der Waals surface area (Å²) in [7, 11) is 0. The molecule has 0 bridgehead atoms. The molecule has 0 aliphatic carbocycles. The van der Waals surface area contributed by atoms with Gasteiger partial charge in [-0.05, 0) is 0 Å². The Hall–Kier alpha value is -0.0766. The Bertz CT molecular complexity index is 106. The molecule has 1 heteroatoms. The molecular formula is C9H14Zn. The molecule has 0 heterocycles. The number of rotatable bonds is 2. The van der Waals surface area contributed by atoms with Crippen molar-refractivity contribution in [3.05, 3.63) is 20.1 Å². The second-order valence-electron chi connectivity index (χ2n) is 1.48. The molecule has 0 aromatic heterocycles. The summed E-state index contributed by atoms with van der Waals surface area (Å²) in [5.41, 5.74) is 0. The van der Waals surface area contributed by atoms with E-state index in [1.54, 1.807) is 6.08 Å². The minimum Gasteiger partial charge on any atom is -0.518 e. The van der Waals surface area contributed by atoms with Gasteiger partial charge in [0.1, 0.15) is 0 Å². The van der Waals surface area contributed by atoms with E-state index in [1.165, 1.54) is 0 Å². The van der Waals surface area contributed by atoms with E-state index in [4.69, 9.17) is 6.58 Å². The van der Waals surface area contributed by atoms with Crippen molar-refractivity contribution in [2.45, 2.75) is 26.2 Å². The number of allylic oxidation sites excluding steroid dienone is 1. The fourth-order valence-electron chi connectivity index (χ4n) is 0.369. The van der Waals surface area contributed by atoms with Crippen LogP contribution < -0.4 is 0 Å². The van der Waals surface area contributed by atoms with Gasteiger partial charge in [0.2, 0.25) is 0 Å². The van der Waals surface area contributed by atoms with Crippen LogP contribution in [0, 0.1) is 25.8 Å². The first kappa shape index (κ1) is 16.5. The summed E-state index contributed by atoms with van der Waals surface area (Å²) in [6.07, 6.45) is 4.41. The van der Waals surface area contributed by atoms with Gasteiger partial charge in [0, 0.05) is 12.8 Å². The molecule has 0 saturated heterocycles. The van der Waals surface area contributed by atoms with Crippen LogP contribution >= 0.6 is 0 Å². The molecular weight excluding hydrogens is 173 g/mol. The predicted molar refractivity (Wildman–Crippen MR) is 42.6 cm³/mol. The van der Waals surface area contributed by atoms with Crippen molar-refractivity contribution in [3.63, 3.8) is 0 Å². The molecule has 52 valence electrons. The van der Waals surface area contributed by atoms with Crippen molar-refractivity contribution in [1.29, 1.82) is 0 Å². The van der Waals surface area contributed by atoms with Gasteiger partial charge in [0.25, 0.3) is 0 Å². The quantitative estimate of drug-likeness (QED) is 0.270. The summed E-state index contributed by atoms with van der Waals surface area (Å²) in [6.45, 7) is 7.16. The van der Waals surface area contributed by atoms with E-state index in [2.05, 4.69) is 11.8 Å². The summed E-state index contributed by atoms with van der Waals surface area (Å²) >= 11 is 0. The Morgan fingerprint density at radius 1 is 1.40 bits per heavy atom. The maximum Gasteiger partial charge on any atom is 2.00 e. The van der Waals surface area contributed by atoms with Gasteiger partial charge in [-0.3, -0.25) is 6.08 Å². The average molecular weight is 188 g/mol. The van der Waals surface area contributed by atoms with E-state index in [9.17, 15) is 0 Å². The summed E-state index contributed by atoms with van der Waals surface area (Å²) < 4.78 is 0. The van der Waals surface area contributed by atoms with Crippen LogP contribution in [-0.2, 0) is 19.5 Å². The Kier molecular flexibility index (Phi) is 26.3. The van der Waals surface area contributed by atoms with Gasteiger partial charge in [-0.2, -0.15) is 0 Å². The maximum absolute atomic E-state index is 5.12. The molecule has 0 fully saturated rings. The first-order chi connectivity index (χ1) is 3.91. The standard InChI is InChI=1S/C8H11.CH3.Zn/c1-3-5-7-8-6-4-2;;/h1,3H,4-5,7H2,2H3;1H3;/q2*-1;+2. The van der Waals surface area contributed by atoms with Gasteiger partial charge in [-0.1, -0.05) is 13.3 Å². The minimum absolute atomic E-state index is 0. The fourth-order valence-corrected chi connectivity index (χ4v) is 0.369. The summed E-state index contributed by atoms with van der Waals surface area (Å²) in [6, 6.07) is 0. The van der Waals surface area contributed by atoms with Crippen LogP contribution in [0.2, 0.25) is 0 Å². The van der Waals surface area contributed by atoms with Gasteiger partial charge in [-0.15, -0.1) is 11.8 Å². The van der Waals surface area contributed by atoms with Crippen molar-refractivity contribution in [2.24, 2.45) is 0 Å². The summed E-state index contributed by atoms with van der Waals surface area (Å²) in [4.78, 5) is 0. The zero-order chi connectivity index (χ0) is 6.24. The molecule has 0 saturated carbocycles. The van der Waals surface area contributed by atoms with Gasteiger partial charge >= 0.3 is 19.5 Å². The van der Waals surface area contributed by atoms with E-state index in [0.717, 1.165) is 19.3 Å². The van der Waals surface area contributed by atoms with Crippen LogP contribution in [0.5, 0.6) is 0 Å². The largest absolute Gasteiger partial charge is 2.00 e. The second kappa shape index (κ2) is 16.0. The average Bonchev–Trinajstić information content (AvgIpc) is 1.81. The maximum atomic E-state index is 5.12. The van der Waals surface area contributed by atoms with Crippen LogP contribution in [0.4, 0.5) is 0 Å². The predicted octanol–water partition coefficient (Wildman–Crippen LogP) is 2.62. The molecule has 0 N–H and O–H groups in total. The fraction of sp³-hybridized carbons (Fsp3) is 0.444. The molecule has 0 spiro atoms. The molecule has 0 nitrogen and oxygen atoms in total. The van der Waals surface area contributed by atoms with Crippen molar-refractivity contribution < 1.29 is 19.5 Å². The Labute approximate surface area is 77.9 Å². The third-order valence-corrected chi connectivity index (χ3v) is 0.738. The monoisotopic (exact) mass is 186 g/mol. The number of hydrogen-bond acceptors (Lipinski definition) is 0. The van der Waals surface area contributed by atoms with Crippen molar-refractivity contribution in [2.75, 3.05) is 0 Å². The first-order valence-corrected chi connectivity index (χ1v) is 2.91. The summed E-state index contributed by atoms with van der Waals surface area (Å²) in [5.74, 6) is 5.93. The van der Waals surface area contributed by atoms with Crippen molar-refractivity contribution >= 4 is 0 Å². The molecule has 0 aliphatic heterocycles. The second-order valence-corrected chi connectivity index (χ2v) is 1.48. The molecule has 0 aliphatic rings. The molecule has 0 unspecified atom stereocenters. The van der Waals surface area contributed by atoms with Crippen LogP contribution in [0.25, 0.3) is 0 Å². The SMILES string of the molecule is [CH-]=CCCC#CCC.[CH3-].[Zn+2].